The number of morpholine rings is 1. The SMILES string of the molecule is CC(c1ccc2c(c1)OCCO2)c1cc(N=C(N)N2CCOCC2)on1. The standard InChI is InChI=1S/C18H22N4O4/c1-12(13-2-3-15-16(10-13)25-9-8-24-15)14-11-17(26-21-14)20-18(19)22-4-6-23-7-5-22/h2-3,10-12H,4-9H2,1H3,(H2,19,20). The van der Waals surface area contributed by atoms with Crippen LogP contribution in [-0.4, -0.2) is 55.5 Å². The number of hydrogen-bond donors (Lipinski definition) is 1. The van der Waals surface area contributed by atoms with E-state index in [2.05, 4.69) is 17.1 Å². The zero-order valence-corrected chi connectivity index (χ0v) is 14.7. The van der Waals surface area contributed by atoms with Gasteiger partial charge < -0.3 is 29.4 Å². The molecule has 2 aliphatic rings. The molecule has 1 saturated heterocycles. The fourth-order valence-corrected chi connectivity index (χ4v) is 3.01. The molecule has 8 heteroatoms. The van der Waals surface area contributed by atoms with Crippen molar-refractivity contribution in [2.75, 3.05) is 39.5 Å². The van der Waals surface area contributed by atoms with Gasteiger partial charge in [0.25, 0.3) is 5.88 Å². The third-order valence-electron chi connectivity index (χ3n) is 4.59. The predicted molar refractivity (Wildman–Crippen MR) is 95.1 cm³/mol. The molecule has 138 valence electrons. The summed E-state index contributed by atoms with van der Waals surface area (Å²) in [6.45, 7) is 5.96. The van der Waals surface area contributed by atoms with E-state index in [-0.39, 0.29) is 5.92 Å². The van der Waals surface area contributed by atoms with Gasteiger partial charge in [-0.15, -0.1) is 0 Å². The van der Waals surface area contributed by atoms with Crippen molar-refractivity contribution in [2.45, 2.75) is 12.8 Å². The minimum atomic E-state index is 0.0307. The molecule has 0 aliphatic carbocycles. The van der Waals surface area contributed by atoms with Gasteiger partial charge >= 0.3 is 0 Å². The van der Waals surface area contributed by atoms with Crippen LogP contribution in [0.25, 0.3) is 0 Å². The lowest BCUT2D eigenvalue weighted by Crippen LogP contribution is -2.44. The molecule has 0 radical (unpaired) electrons. The summed E-state index contributed by atoms with van der Waals surface area (Å²) in [5, 5.41) is 4.15. The van der Waals surface area contributed by atoms with Gasteiger partial charge in [-0.05, 0) is 17.7 Å². The minimum absolute atomic E-state index is 0.0307. The van der Waals surface area contributed by atoms with Crippen LogP contribution >= 0.6 is 0 Å². The second-order valence-electron chi connectivity index (χ2n) is 6.28. The van der Waals surface area contributed by atoms with E-state index in [4.69, 9.17) is 24.5 Å². The highest BCUT2D eigenvalue weighted by atomic mass is 16.6. The van der Waals surface area contributed by atoms with Crippen LogP contribution in [0.5, 0.6) is 11.5 Å². The number of benzene rings is 1. The van der Waals surface area contributed by atoms with E-state index >= 15 is 0 Å². The number of rotatable bonds is 3. The molecule has 2 aromatic rings. The van der Waals surface area contributed by atoms with Gasteiger partial charge in [-0.1, -0.05) is 18.1 Å². The number of guanidine groups is 1. The third-order valence-corrected chi connectivity index (χ3v) is 4.59. The Balaban J connectivity index is 1.50. The van der Waals surface area contributed by atoms with Crippen LogP contribution in [0.2, 0.25) is 0 Å². The number of nitrogens with zero attached hydrogens (tertiary/aromatic N) is 3. The van der Waals surface area contributed by atoms with Gasteiger partial charge in [0.05, 0.1) is 18.9 Å². The Morgan fingerprint density at radius 3 is 2.69 bits per heavy atom. The highest BCUT2D eigenvalue weighted by Gasteiger charge is 2.19. The molecule has 8 nitrogen and oxygen atoms in total. The van der Waals surface area contributed by atoms with Crippen LogP contribution in [0.3, 0.4) is 0 Å². The number of aliphatic imine (C=N–C) groups is 1. The van der Waals surface area contributed by atoms with Crippen molar-refractivity contribution in [2.24, 2.45) is 10.7 Å². The molecule has 1 unspecified atom stereocenters. The van der Waals surface area contributed by atoms with Crippen molar-refractivity contribution >= 4 is 11.8 Å². The molecular weight excluding hydrogens is 336 g/mol. The molecule has 1 aromatic heterocycles. The zero-order chi connectivity index (χ0) is 17.9. The fourth-order valence-electron chi connectivity index (χ4n) is 3.01. The van der Waals surface area contributed by atoms with Crippen LogP contribution in [0.4, 0.5) is 5.88 Å². The summed E-state index contributed by atoms with van der Waals surface area (Å²) in [6.07, 6.45) is 0. The van der Waals surface area contributed by atoms with E-state index < -0.39 is 0 Å². The second kappa shape index (κ2) is 7.25. The van der Waals surface area contributed by atoms with E-state index in [0.717, 1.165) is 35.8 Å². The van der Waals surface area contributed by atoms with Gasteiger partial charge in [0.15, 0.2) is 17.5 Å². The fraction of sp³-hybridized carbons (Fsp3) is 0.444. The van der Waals surface area contributed by atoms with Crippen LogP contribution in [0, 0.1) is 0 Å². The number of aromatic nitrogens is 1. The maximum atomic E-state index is 6.06. The second-order valence-corrected chi connectivity index (χ2v) is 6.28. The molecule has 0 amide bonds. The van der Waals surface area contributed by atoms with E-state index in [1.807, 2.05) is 29.2 Å². The van der Waals surface area contributed by atoms with Crippen molar-refractivity contribution < 1.29 is 18.7 Å². The normalized spacial score (nSPS) is 18.7. The number of hydrogen-bond acceptors (Lipinski definition) is 6. The van der Waals surface area contributed by atoms with Gasteiger partial charge in [-0.2, -0.15) is 4.99 Å². The first-order chi connectivity index (χ1) is 12.7. The Bertz CT molecular complexity index is 798. The monoisotopic (exact) mass is 358 g/mol. The van der Waals surface area contributed by atoms with Crippen molar-refractivity contribution in [1.82, 2.24) is 10.1 Å². The molecule has 1 atom stereocenters. The van der Waals surface area contributed by atoms with Crippen LogP contribution in [0.1, 0.15) is 24.1 Å². The smallest absolute Gasteiger partial charge is 0.253 e. The van der Waals surface area contributed by atoms with Crippen molar-refractivity contribution in [1.29, 1.82) is 0 Å². The Kier molecular flexibility index (Phi) is 4.66. The van der Waals surface area contributed by atoms with Crippen LogP contribution in [-0.2, 0) is 4.74 Å². The summed E-state index contributed by atoms with van der Waals surface area (Å²) in [7, 11) is 0. The molecule has 0 saturated carbocycles. The van der Waals surface area contributed by atoms with Crippen molar-refractivity contribution in [3.8, 4) is 11.5 Å². The summed E-state index contributed by atoms with van der Waals surface area (Å²) < 4.78 is 21.9. The number of fused-ring (bicyclic) bond motifs is 1. The zero-order valence-electron chi connectivity index (χ0n) is 14.7. The Labute approximate surface area is 151 Å². The largest absolute Gasteiger partial charge is 0.486 e. The molecule has 4 rings (SSSR count). The van der Waals surface area contributed by atoms with Crippen LogP contribution < -0.4 is 15.2 Å². The first-order valence-electron chi connectivity index (χ1n) is 8.74. The average Bonchev–Trinajstić information content (AvgIpc) is 3.16. The lowest BCUT2D eigenvalue weighted by molar-refractivity contribution is 0.0675. The summed E-state index contributed by atoms with van der Waals surface area (Å²) in [5.41, 5.74) is 7.91. The Hall–Kier alpha value is -2.74. The summed E-state index contributed by atoms with van der Waals surface area (Å²) >= 11 is 0. The number of nitrogens with two attached hydrogens (primary N) is 1. The van der Waals surface area contributed by atoms with E-state index in [9.17, 15) is 0 Å². The quantitative estimate of drug-likeness (QED) is 0.661. The Morgan fingerprint density at radius 2 is 1.88 bits per heavy atom. The number of ether oxygens (including phenoxy) is 3. The summed E-state index contributed by atoms with van der Waals surface area (Å²) in [6, 6.07) is 7.74. The average molecular weight is 358 g/mol. The molecule has 0 spiro atoms. The highest BCUT2D eigenvalue weighted by molar-refractivity contribution is 5.80. The molecule has 1 fully saturated rings. The molecule has 3 heterocycles. The Morgan fingerprint density at radius 1 is 1.12 bits per heavy atom. The topological polar surface area (TPSA) is 95.3 Å². The van der Waals surface area contributed by atoms with Gasteiger partial charge in [0, 0.05) is 25.1 Å². The molecule has 0 bridgehead atoms. The predicted octanol–water partition coefficient (Wildman–Crippen LogP) is 1.88. The van der Waals surface area contributed by atoms with Gasteiger partial charge in [0.2, 0.25) is 0 Å². The molecule has 2 N–H and O–H groups in total. The van der Waals surface area contributed by atoms with E-state index in [0.29, 0.717) is 38.3 Å². The third kappa shape index (κ3) is 3.45. The molecule has 26 heavy (non-hydrogen) atoms. The lowest BCUT2D eigenvalue weighted by Gasteiger charge is -2.27. The van der Waals surface area contributed by atoms with Gasteiger partial charge in [0.1, 0.15) is 13.2 Å². The maximum absolute atomic E-state index is 6.06. The maximum Gasteiger partial charge on any atom is 0.253 e. The minimum Gasteiger partial charge on any atom is -0.486 e. The molecule has 1 aromatic carbocycles. The van der Waals surface area contributed by atoms with Gasteiger partial charge in [-0.25, -0.2) is 0 Å². The van der Waals surface area contributed by atoms with Crippen molar-refractivity contribution in [3.05, 3.63) is 35.5 Å². The first kappa shape index (κ1) is 16.7. The van der Waals surface area contributed by atoms with E-state index in [1.54, 1.807) is 0 Å². The van der Waals surface area contributed by atoms with Crippen molar-refractivity contribution in [3.63, 3.8) is 0 Å². The first-order valence-corrected chi connectivity index (χ1v) is 8.74. The van der Waals surface area contributed by atoms with Gasteiger partial charge in [-0.3, -0.25) is 0 Å². The van der Waals surface area contributed by atoms with E-state index in [1.165, 1.54) is 0 Å². The lowest BCUT2D eigenvalue weighted by atomic mass is 9.97. The molecular formula is C18H22N4O4. The molecule has 2 aliphatic heterocycles. The van der Waals surface area contributed by atoms with Crippen LogP contribution in [0.15, 0.2) is 33.8 Å². The highest BCUT2D eigenvalue weighted by Crippen LogP contribution is 2.35. The summed E-state index contributed by atoms with van der Waals surface area (Å²) in [4.78, 5) is 6.31. The summed E-state index contributed by atoms with van der Waals surface area (Å²) in [5.74, 6) is 2.38.